The fourth-order valence-corrected chi connectivity index (χ4v) is 3.23. The molecule has 25 heavy (non-hydrogen) atoms. The van der Waals surface area contributed by atoms with Crippen LogP contribution in [-0.4, -0.2) is 42.9 Å². The molecule has 0 fully saturated rings. The van der Waals surface area contributed by atoms with E-state index in [9.17, 15) is 4.79 Å². The topological polar surface area (TPSA) is 89.7 Å². The molecule has 3 aromatic rings. The fraction of sp³-hybridized carbons (Fsp3) is 0.412. The number of hydrogen-bond acceptors (Lipinski definition) is 4. The molecule has 3 heterocycles. The first-order valence-corrected chi connectivity index (χ1v) is 8.60. The van der Waals surface area contributed by atoms with E-state index >= 15 is 0 Å². The van der Waals surface area contributed by atoms with Crippen molar-refractivity contribution in [3.63, 3.8) is 0 Å². The van der Waals surface area contributed by atoms with Gasteiger partial charge in [0, 0.05) is 19.5 Å². The van der Waals surface area contributed by atoms with Crippen LogP contribution in [0.2, 0.25) is 0 Å². The van der Waals surface area contributed by atoms with Gasteiger partial charge in [-0.1, -0.05) is 12.1 Å². The Morgan fingerprint density at radius 3 is 3.16 bits per heavy atom. The van der Waals surface area contributed by atoms with Crippen molar-refractivity contribution in [2.45, 2.75) is 38.4 Å². The summed E-state index contributed by atoms with van der Waals surface area (Å²) in [5.74, 6) is 0.992. The van der Waals surface area contributed by atoms with E-state index in [2.05, 4.69) is 36.3 Å². The third-order valence-electron chi connectivity index (χ3n) is 4.53. The summed E-state index contributed by atoms with van der Waals surface area (Å²) < 4.78 is 3.97. The summed E-state index contributed by atoms with van der Waals surface area (Å²) in [5.41, 5.74) is 2.12. The molecule has 1 aromatic carbocycles. The van der Waals surface area contributed by atoms with Crippen LogP contribution in [0, 0.1) is 0 Å². The van der Waals surface area contributed by atoms with Gasteiger partial charge in [-0.2, -0.15) is 5.10 Å². The third kappa shape index (κ3) is 3.47. The Balaban J connectivity index is 1.21. The zero-order chi connectivity index (χ0) is 17.1. The molecule has 1 unspecified atom stereocenters. The molecule has 2 aromatic heterocycles. The number of hydrogen-bond donors (Lipinski definition) is 2. The predicted molar refractivity (Wildman–Crippen MR) is 93.0 cm³/mol. The average Bonchev–Trinajstić information content (AvgIpc) is 3.25. The zero-order valence-electron chi connectivity index (χ0n) is 13.9. The van der Waals surface area contributed by atoms with Crippen LogP contribution in [0.5, 0.6) is 0 Å². The van der Waals surface area contributed by atoms with Gasteiger partial charge in [-0.05, 0) is 25.0 Å². The lowest BCUT2D eigenvalue weighted by Crippen LogP contribution is -2.46. The van der Waals surface area contributed by atoms with Gasteiger partial charge in [-0.3, -0.25) is 0 Å². The van der Waals surface area contributed by atoms with Crippen LogP contribution < -0.4 is 10.6 Å². The van der Waals surface area contributed by atoms with Crippen molar-refractivity contribution in [3.8, 4) is 0 Å². The maximum atomic E-state index is 12.0. The molecule has 0 radical (unpaired) electrons. The number of rotatable bonds is 5. The van der Waals surface area contributed by atoms with E-state index in [4.69, 9.17) is 0 Å². The highest BCUT2D eigenvalue weighted by atomic mass is 16.2. The first kappa shape index (κ1) is 15.6. The lowest BCUT2D eigenvalue weighted by atomic mass is 10.1. The van der Waals surface area contributed by atoms with Crippen molar-refractivity contribution in [3.05, 3.63) is 42.7 Å². The van der Waals surface area contributed by atoms with Gasteiger partial charge in [0.25, 0.3) is 0 Å². The number of carbonyl (C=O) groups is 1. The van der Waals surface area contributed by atoms with Crippen molar-refractivity contribution in [1.82, 2.24) is 34.9 Å². The second kappa shape index (κ2) is 6.92. The van der Waals surface area contributed by atoms with Gasteiger partial charge in [0.2, 0.25) is 0 Å². The van der Waals surface area contributed by atoms with E-state index in [0.29, 0.717) is 13.1 Å². The number of nitrogens with zero attached hydrogens (tertiary/aromatic N) is 5. The number of fused-ring (bicyclic) bond motifs is 2. The van der Waals surface area contributed by atoms with Crippen LogP contribution >= 0.6 is 0 Å². The number of amides is 2. The molecule has 0 aliphatic carbocycles. The van der Waals surface area contributed by atoms with Crippen LogP contribution in [0.4, 0.5) is 4.79 Å². The number of carbonyl (C=O) groups excluding carboxylic acids is 1. The van der Waals surface area contributed by atoms with Crippen LogP contribution in [0.1, 0.15) is 18.7 Å². The number of nitrogens with one attached hydrogen (secondary N) is 2. The van der Waals surface area contributed by atoms with Gasteiger partial charge in [-0.25, -0.2) is 19.4 Å². The molecule has 0 saturated carbocycles. The van der Waals surface area contributed by atoms with E-state index in [1.54, 1.807) is 6.33 Å². The van der Waals surface area contributed by atoms with Gasteiger partial charge < -0.3 is 15.2 Å². The summed E-state index contributed by atoms with van der Waals surface area (Å²) in [6, 6.07) is 8.04. The molecule has 0 saturated heterocycles. The maximum Gasteiger partial charge on any atom is 0.315 e. The molecule has 2 amide bonds. The number of para-hydroxylation sites is 2. The highest BCUT2D eigenvalue weighted by Gasteiger charge is 2.20. The quantitative estimate of drug-likeness (QED) is 0.686. The standard InChI is InChI=1S/C17H21N7O/c25-17(22-13-6-7-16-19-11-21-24(16)10-13)18-8-3-9-23-12-20-14-4-1-2-5-15(14)23/h1-2,4-5,11-13H,3,6-10H2,(H2,18,22,25). The predicted octanol–water partition coefficient (Wildman–Crippen LogP) is 1.33. The van der Waals surface area contributed by atoms with E-state index in [1.165, 1.54) is 0 Å². The summed E-state index contributed by atoms with van der Waals surface area (Å²) in [7, 11) is 0. The smallest absolute Gasteiger partial charge is 0.315 e. The Morgan fingerprint density at radius 2 is 2.20 bits per heavy atom. The second-order valence-electron chi connectivity index (χ2n) is 6.27. The highest BCUT2D eigenvalue weighted by molar-refractivity contribution is 5.75. The van der Waals surface area contributed by atoms with Crippen molar-refractivity contribution in [2.75, 3.05) is 6.54 Å². The minimum atomic E-state index is -0.121. The first-order valence-electron chi connectivity index (χ1n) is 8.60. The maximum absolute atomic E-state index is 12.0. The molecule has 1 aliphatic rings. The number of aryl methyl sites for hydroxylation is 2. The number of urea groups is 1. The Labute approximate surface area is 145 Å². The number of aromatic nitrogens is 5. The van der Waals surface area contributed by atoms with E-state index in [0.717, 1.165) is 42.7 Å². The van der Waals surface area contributed by atoms with Crippen LogP contribution in [0.25, 0.3) is 11.0 Å². The molecule has 4 rings (SSSR count). The van der Waals surface area contributed by atoms with Crippen LogP contribution in [-0.2, 0) is 19.5 Å². The Morgan fingerprint density at radius 1 is 1.28 bits per heavy atom. The second-order valence-corrected chi connectivity index (χ2v) is 6.27. The van der Waals surface area contributed by atoms with Crippen molar-refractivity contribution in [2.24, 2.45) is 0 Å². The third-order valence-corrected chi connectivity index (χ3v) is 4.53. The fourth-order valence-electron chi connectivity index (χ4n) is 3.23. The minimum absolute atomic E-state index is 0.104. The van der Waals surface area contributed by atoms with Crippen LogP contribution in [0.3, 0.4) is 0 Å². The van der Waals surface area contributed by atoms with Crippen molar-refractivity contribution < 1.29 is 4.79 Å². The average molecular weight is 339 g/mol. The molecule has 8 nitrogen and oxygen atoms in total. The molecular formula is C17H21N7O. The monoisotopic (exact) mass is 339 g/mol. The summed E-state index contributed by atoms with van der Waals surface area (Å²) in [6.45, 7) is 2.13. The summed E-state index contributed by atoms with van der Waals surface area (Å²) in [4.78, 5) is 20.6. The lowest BCUT2D eigenvalue weighted by molar-refractivity contribution is 0.231. The van der Waals surface area contributed by atoms with Gasteiger partial charge >= 0.3 is 6.03 Å². The Bertz CT molecular complexity index is 869. The van der Waals surface area contributed by atoms with E-state index in [-0.39, 0.29) is 12.1 Å². The lowest BCUT2D eigenvalue weighted by Gasteiger charge is -2.23. The summed E-state index contributed by atoms with van der Waals surface area (Å²) in [6.07, 6.45) is 6.01. The molecule has 0 bridgehead atoms. The Kier molecular flexibility index (Phi) is 4.32. The van der Waals surface area contributed by atoms with Gasteiger partial charge in [0.1, 0.15) is 12.2 Å². The molecular weight excluding hydrogens is 318 g/mol. The van der Waals surface area contributed by atoms with Gasteiger partial charge in [0.15, 0.2) is 0 Å². The molecule has 1 aliphatic heterocycles. The number of benzene rings is 1. The number of imidazole rings is 1. The molecule has 1 atom stereocenters. The minimum Gasteiger partial charge on any atom is -0.338 e. The van der Waals surface area contributed by atoms with Crippen molar-refractivity contribution >= 4 is 17.1 Å². The van der Waals surface area contributed by atoms with Gasteiger partial charge in [-0.15, -0.1) is 0 Å². The summed E-state index contributed by atoms with van der Waals surface area (Å²) in [5, 5.41) is 10.1. The molecule has 130 valence electrons. The van der Waals surface area contributed by atoms with Crippen LogP contribution in [0.15, 0.2) is 36.9 Å². The molecule has 8 heteroatoms. The normalized spacial score (nSPS) is 16.6. The Hall–Kier alpha value is -2.90. The molecule has 2 N–H and O–H groups in total. The van der Waals surface area contributed by atoms with E-state index in [1.807, 2.05) is 29.2 Å². The van der Waals surface area contributed by atoms with E-state index < -0.39 is 0 Å². The zero-order valence-corrected chi connectivity index (χ0v) is 13.9. The van der Waals surface area contributed by atoms with Gasteiger partial charge in [0.05, 0.1) is 29.9 Å². The molecule has 0 spiro atoms. The highest BCUT2D eigenvalue weighted by Crippen LogP contribution is 2.12. The SMILES string of the molecule is O=C(NCCCn1cnc2ccccc21)NC1CCc2ncnn2C1. The van der Waals surface area contributed by atoms with Crippen molar-refractivity contribution in [1.29, 1.82) is 0 Å². The largest absolute Gasteiger partial charge is 0.338 e. The summed E-state index contributed by atoms with van der Waals surface area (Å²) >= 11 is 0. The first-order chi connectivity index (χ1) is 12.3.